The Kier molecular flexibility index (Phi) is 13.2. The summed E-state index contributed by atoms with van der Waals surface area (Å²) in [6.07, 6.45) is 0. The van der Waals surface area contributed by atoms with Gasteiger partial charge in [-0.15, -0.1) is 0 Å². The molecule has 0 atom stereocenters. The zero-order valence-corrected chi connectivity index (χ0v) is 35.2. The quantitative estimate of drug-likeness (QED) is 0.0489. The maximum atomic E-state index is 15.3. The van der Waals surface area contributed by atoms with E-state index < -0.39 is 37.3 Å². The van der Waals surface area contributed by atoms with Gasteiger partial charge in [0.2, 0.25) is 11.6 Å². The number of hydrogen-bond acceptors (Lipinski definition) is 6. The van der Waals surface area contributed by atoms with E-state index in [1.807, 2.05) is 182 Å². The van der Waals surface area contributed by atoms with Gasteiger partial charge in [-0.05, 0) is 59.4 Å². The second kappa shape index (κ2) is 19.0. The third-order valence-corrected chi connectivity index (χ3v) is 18.9. The van der Waals surface area contributed by atoms with Crippen LogP contribution in [0.25, 0.3) is 0 Å². The average Bonchev–Trinajstić information content (AvgIpc) is 3.31. The van der Waals surface area contributed by atoms with E-state index in [0.717, 1.165) is 31.8 Å². The van der Waals surface area contributed by atoms with Gasteiger partial charge in [0.1, 0.15) is 10.6 Å². The first-order valence-corrected chi connectivity index (χ1v) is 23.4. The molecular weight excluding hydrogens is 783 g/mol. The summed E-state index contributed by atoms with van der Waals surface area (Å²) in [5.41, 5.74) is 0.379. The van der Waals surface area contributed by atoms with Crippen LogP contribution in [0.2, 0.25) is 0 Å². The molecule has 6 nitrogen and oxygen atoms in total. The van der Waals surface area contributed by atoms with Crippen LogP contribution in [0.15, 0.2) is 206 Å². The number of hydrogen-bond donors (Lipinski definition) is 0. The summed E-state index contributed by atoms with van der Waals surface area (Å²) in [7, 11) is 0. The highest BCUT2D eigenvalue weighted by Gasteiger charge is 2.40. The molecule has 8 heteroatoms. The third-order valence-electron chi connectivity index (χ3n) is 10.3. The van der Waals surface area contributed by atoms with Gasteiger partial charge in [-0.2, -0.15) is 0 Å². The fourth-order valence-corrected chi connectivity index (χ4v) is 16.4. The first-order chi connectivity index (χ1) is 29.4. The number of ketones is 2. The van der Waals surface area contributed by atoms with Gasteiger partial charge in [0.05, 0.1) is 13.2 Å². The molecule has 0 aliphatic rings. The molecule has 0 heterocycles. The Labute approximate surface area is 351 Å². The van der Waals surface area contributed by atoms with Gasteiger partial charge in [0.15, 0.2) is 0 Å². The molecule has 7 rings (SSSR count). The van der Waals surface area contributed by atoms with E-state index in [4.69, 9.17) is 9.47 Å². The third kappa shape index (κ3) is 7.80. The highest BCUT2D eigenvalue weighted by molar-refractivity contribution is 7.98. The molecule has 0 saturated heterocycles. The van der Waals surface area contributed by atoms with Gasteiger partial charge in [0, 0.05) is 11.1 Å². The standard InChI is InChI=1S/C52H44O6P2/c1-3-57-51(55)49(59(41-23-11-5-12-24-41,42-25-13-6-14-26-42)43-27-15-7-16-28-43)47(53)39-35-37-40(38-36-39)48(54)50(52(56)58-4-2)60(44-29-17-8-18-30-44,45-31-19-9-20-32-45)46-33-21-10-22-34-46/h5-38H,3-4H2,1-2H3. The highest BCUT2D eigenvalue weighted by atomic mass is 31.2. The van der Waals surface area contributed by atoms with Gasteiger partial charge >= 0.3 is 11.9 Å². The molecule has 7 aromatic rings. The van der Waals surface area contributed by atoms with E-state index in [9.17, 15) is 9.59 Å². The van der Waals surface area contributed by atoms with E-state index in [1.54, 1.807) is 38.1 Å². The van der Waals surface area contributed by atoms with Crippen molar-refractivity contribution >= 4 is 79.7 Å². The maximum absolute atomic E-state index is 15.3. The lowest BCUT2D eigenvalue weighted by atomic mass is 10.0. The molecular formula is C52H44O6P2. The number of carbonyl (C=O) groups is 4. The predicted molar refractivity (Wildman–Crippen MR) is 249 cm³/mol. The summed E-state index contributed by atoms with van der Waals surface area (Å²) in [5.74, 6) is -2.47. The van der Waals surface area contributed by atoms with Crippen LogP contribution in [0, 0.1) is 0 Å². The summed E-state index contributed by atoms with van der Waals surface area (Å²) in [6, 6.07) is 64.0. The summed E-state index contributed by atoms with van der Waals surface area (Å²) < 4.78 is 11.5. The topological polar surface area (TPSA) is 86.7 Å². The Bertz CT molecular complexity index is 2320. The first-order valence-electron chi connectivity index (χ1n) is 19.8. The van der Waals surface area contributed by atoms with E-state index in [2.05, 4.69) is 0 Å². The van der Waals surface area contributed by atoms with Crippen LogP contribution in [0.1, 0.15) is 34.6 Å². The summed E-state index contributed by atoms with van der Waals surface area (Å²) in [5, 5.41) is 4.86. The lowest BCUT2D eigenvalue weighted by Crippen LogP contribution is -2.39. The number of ether oxygens (including phenoxy) is 2. The number of esters is 2. The van der Waals surface area contributed by atoms with Crippen molar-refractivity contribution in [3.8, 4) is 0 Å². The monoisotopic (exact) mass is 826 g/mol. The number of carbonyl (C=O) groups excluding carboxylic acids is 4. The van der Waals surface area contributed by atoms with E-state index >= 15 is 9.59 Å². The maximum Gasteiger partial charge on any atom is 0.343 e. The highest BCUT2D eigenvalue weighted by Crippen LogP contribution is 2.48. The van der Waals surface area contributed by atoms with Crippen LogP contribution < -0.4 is 31.8 Å². The molecule has 0 aliphatic heterocycles. The van der Waals surface area contributed by atoms with Gasteiger partial charge in [-0.1, -0.05) is 206 Å². The zero-order chi connectivity index (χ0) is 42.0. The van der Waals surface area contributed by atoms with Crippen molar-refractivity contribution in [3.05, 3.63) is 217 Å². The lowest BCUT2D eigenvalue weighted by molar-refractivity contribution is -0.135. The Morgan fingerprint density at radius 2 is 0.533 bits per heavy atom. The van der Waals surface area contributed by atoms with E-state index in [1.165, 1.54) is 0 Å². The van der Waals surface area contributed by atoms with Crippen molar-refractivity contribution in [1.29, 1.82) is 0 Å². The van der Waals surface area contributed by atoms with Crippen LogP contribution in [0.4, 0.5) is 0 Å². The molecule has 298 valence electrons. The molecule has 0 radical (unpaired) electrons. The van der Waals surface area contributed by atoms with E-state index in [-0.39, 0.29) is 34.9 Å². The van der Waals surface area contributed by atoms with E-state index in [0.29, 0.717) is 0 Å². The van der Waals surface area contributed by atoms with Gasteiger partial charge in [-0.3, -0.25) is 9.59 Å². The fourth-order valence-electron chi connectivity index (χ4n) is 7.79. The molecule has 0 N–H and O–H groups in total. The Morgan fingerprint density at radius 3 is 0.717 bits per heavy atom. The molecule has 0 amide bonds. The Hall–Kier alpha value is -6.58. The van der Waals surface area contributed by atoms with Crippen molar-refractivity contribution in [3.63, 3.8) is 0 Å². The second-order valence-electron chi connectivity index (χ2n) is 13.7. The largest absolute Gasteiger partial charge is 0.462 e. The van der Waals surface area contributed by atoms with Crippen molar-refractivity contribution in [1.82, 2.24) is 0 Å². The van der Waals surface area contributed by atoms with Crippen molar-refractivity contribution in [2.45, 2.75) is 13.8 Å². The summed E-state index contributed by atoms with van der Waals surface area (Å²) in [4.78, 5) is 59.5. The molecule has 0 fully saturated rings. The minimum atomic E-state index is -3.20. The molecule has 0 saturated carbocycles. The smallest absolute Gasteiger partial charge is 0.343 e. The van der Waals surface area contributed by atoms with Gasteiger partial charge in [0.25, 0.3) is 0 Å². The number of rotatable bonds is 14. The van der Waals surface area contributed by atoms with Crippen LogP contribution in [-0.4, -0.2) is 47.3 Å². The average molecular weight is 827 g/mol. The Morgan fingerprint density at radius 1 is 0.333 bits per heavy atom. The van der Waals surface area contributed by atoms with Crippen molar-refractivity contribution in [2.24, 2.45) is 0 Å². The molecule has 7 aromatic carbocycles. The van der Waals surface area contributed by atoms with Crippen LogP contribution in [-0.2, 0) is 19.1 Å². The summed E-state index contributed by atoms with van der Waals surface area (Å²) in [6.45, 7) is -2.84. The molecule has 0 bridgehead atoms. The molecule has 0 spiro atoms. The minimum Gasteiger partial charge on any atom is -0.462 e. The van der Waals surface area contributed by atoms with Crippen LogP contribution >= 0.6 is 13.8 Å². The number of Topliss-reactive ketones (excluding diaryl/α,β-unsaturated/α-hetero) is 2. The predicted octanol–water partition coefficient (Wildman–Crippen LogP) is 7.51. The van der Waals surface area contributed by atoms with Crippen LogP contribution in [0.3, 0.4) is 0 Å². The molecule has 60 heavy (non-hydrogen) atoms. The molecule has 0 aromatic heterocycles. The molecule has 0 aliphatic carbocycles. The SMILES string of the molecule is CCOC(=O)C(C(=O)c1ccc(C(=O)C(C(=O)OCC)=P(c2ccccc2)(c2ccccc2)c2ccccc2)cc1)=P(c1ccccc1)(c1ccccc1)c1ccccc1. The van der Waals surface area contributed by atoms with Crippen LogP contribution in [0.5, 0.6) is 0 Å². The zero-order valence-electron chi connectivity index (χ0n) is 33.4. The summed E-state index contributed by atoms with van der Waals surface area (Å²) >= 11 is 0. The first kappa shape index (κ1) is 41.6. The van der Waals surface area contributed by atoms with Crippen molar-refractivity contribution in [2.75, 3.05) is 13.2 Å². The fraction of sp³-hybridized carbons (Fsp3) is 0.0769. The number of benzene rings is 7. The van der Waals surface area contributed by atoms with Gasteiger partial charge in [-0.25, -0.2) is 9.59 Å². The Balaban J connectivity index is 1.50. The normalized spacial score (nSPS) is 11.2. The molecule has 0 unspecified atom stereocenters. The minimum absolute atomic E-state index is 0.00739. The lowest BCUT2D eigenvalue weighted by Gasteiger charge is -2.31. The van der Waals surface area contributed by atoms with Gasteiger partial charge < -0.3 is 9.47 Å². The van der Waals surface area contributed by atoms with Crippen molar-refractivity contribution < 1.29 is 28.7 Å². The second-order valence-corrected chi connectivity index (χ2v) is 20.4.